The molecule has 0 spiro atoms. The Morgan fingerprint density at radius 2 is 1.88 bits per heavy atom. The molecule has 1 unspecified atom stereocenters. The van der Waals surface area contributed by atoms with E-state index < -0.39 is 32.9 Å². The minimum Gasteiger partial charge on any atom is -0.350 e. The van der Waals surface area contributed by atoms with Crippen LogP contribution in [0.1, 0.15) is 18.4 Å². The Hall–Kier alpha value is -0.870. The van der Waals surface area contributed by atoms with Crippen LogP contribution >= 0.6 is 11.6 Å². The summed E-state index contributed by atoms with van der Waals surface area (Å²) < 4.78 is 76.4. The lowest BCUT2D eigenvalue weighted by molar-refractivity contribution is -0.137. The van der Waals surface area contributed by atoms with Crippen molar-refractivity contribution in [3.8, 4) is 0 Å². The Bertz CT molecular complexity index is 735. The van der Waals surface area contributed by atoms with Crippen molar-refractivity contribution in [1.82, 2.24) is 4.31 Å². The number of piperidine rings is 1. The number of halogens is 4. The standard InChI is InChI=1S/C15H17ClF3NO4S/c16-12-4-3-11(15(17,18)19)8-13(12)25(21,22)20-5-1-2-10(9-20)14-23-6-7-24-14/h3-4,8,10,14H,1-2,5-7,9H2. The molecule has 140 valence electrons. The maximum Gasteiger partial charge on any atom is 0.416 e. The molecule has 0 aromatic heterocycles. The van der Waals surface area contributed by atoms with E-state index in [1.807, 2.05) is 0 Å². The van der Waals surface area contributed by atoms with E-state index in [0.717, 1.165) is 22.9 Å². The quantitative estimate of drug-likeness (QED) is 0.783. The summed E-state index contributed by atoms with van der Waals surface area (Å²) in [5, 5.41) is -0.233. The average molecular weight is 400 g/mol. The first-order valence-electron chi connectivity index (χ1n) is 7.80. The third-order valence-corrected chi connectivity index (χ3v) is 6.68. The van der Waals surface area contributed by atoms with Gasteiger partial charge in [-0.25, -0.2) is 8.42 Å². The van der Waals surface area contributed by atoms with Gasteiger partial charge in [0.1, 0.15) is 4.90 Å². The van der Waals surface area contributed by atoms with E-state index >= 15 is 0 Å². The summed E-state index contributed by atoms with van der Waals surface area (Å²) in [7, 11) is -4.15. The lowest BCUT2D eigenvalue weighted by Gasteiger charge is -2.34. The van der Waals surface area contributed by atoms with Gasteiger partial charge in [-0.2, -0.15) is 17.5 Å². The minimum atomic E-state index is -4.65. The molecule has 2 aliphatic heterocycles. The fourth-order valence-corrected chi connectivity index (χ4v) is 5.12. The smallest absolute Gasteiger partial charge is 0.350 e. The van der Waals surface area contributed by atoms with Crippen molar-refractivity contribution < 1.29 is 31.1 Å². The Balaban J connectivity index is 1.88. The average Bonchev–Trinajstić information content (AvgIpc) is 3.08. The fourth-order valence-electron chi connectivity index (χ4n) is 3.08. The largest absolute Gasteiger partial charge is 0.416 e. The molecule has 0 amide bonds. The third-order valence-electron chi connectivity index (χ3n) is 4.33. The number of benzene rings is 1. The summed E-state index contributed by atoms with van der Waals surface area (Å²) in [5.74, 6) is -0.157. The molecule has 3 rings (SSSR count). The minimum absolute atomic E-state index is 0.125. The van der Waals surface area contributed by atoms with Crippen molar-refractivity contribution in [2.24, 2.45) is 5.92 Å². The number of ether oxygens (including phenoxy) is 2. The molecule has 1 atom stereocenters. The van der Waals surface area contributed by atoms with Crippen molar-refractivity contribution in [3.63, 3.8) is 0 Å². The molecule has 0 aliphatic carbocycles. The number of nitrogens with zero attached hydrogens (tertiary/aromatic N) is 1. The van der Waals surface area contributed by atoms with Gasteiger partial charge in [0.15, 0.2) is 6.29 Å². The highest BCUT2D eigenvalue weighted by Crippen LogP contribution is 2.36. The summed E-state index contributed by atoms with van der Waals surface area (Å²) in [5.41, 5.74) is -1.05. The molecular weight excluding hydrogens is 383 g/mol. The van der Waals surface area contributed by atoms with Gasteiger partial charge in [-0.15, -0.1) is 0 Å². The Labute approximate surface area is 148 Å². The van der Waals surface area contributed by atoms with E-state index in [0.29, 0.717) is 25.7 Å². The Morgan fingerprint density at radius 1 is 1.20 bits per heavy atom. The maximum atomic E-state index is 12.9. The Kier molecular flexibility index (Phi) is 5.32. The predicted molar refractivity (Wildman–Crippen MR) is 83.6 cm³/mol. The van der Waals surface area contributed by atoms with Crippen LogP contribution in [0.5, 0.6) is 0 Å². The van der Waals surface area contributed by atoms with Crippen LogP contribution in [0.25, 0.3) is 0 Å². The zero-order chi connectivity index (χ0) is 18.2. The van der Waals surface area contributed by atoms with Gasteiger partial charge >= 0.3 is 6.18 Å². The lowest BCUT2D eigenvalue weighted by Crippen LogP contribution is -2.43. The topological polar surface area (TPSA) is 55.8 Å². The molecule has 0 saturated carbocycles. The molecule has 5 nitrogen and oxygen atoms in total. The van der Waals surface area contributed by atoms with Crippen LogP contribution in [-0.4, -0.2) is 45.3 Å². The second-order valence-electron chi connectivity index (χ2n) is 6.02. The summed E-state index contributed by atoms with van der Waals surface area (Å²) in [6, 6.07) is 2.31. The van der Waals surface area contributed by atoms with E-state index in [1.54, 1.807) is 0 Å². The van der Waals surface area contributed by atoms with E-state index in [2.05, 4.69) is 0 Å². The van der Waals surface area contributed by atoms with Crippen LogP contribution < -0.4 is 0 Å². The summed E-state index contributed by atoms with van der Waals surface area (Å²) in [6.07, 6.45) is -3.82. The number of hydrogen-bond acceptors (Lipinski definition) is 4. The third kappa shape index (κ3) is 3.95. The molecular formula is C15H17ClF3NO4S. The molecule has 2 aliphatic rings. The highest BCUT2D eigenvalue weighted by Gasteiger charge is 2.38. The molecule has 0 bridgehead atoms. The van der Waals surface area contributed by atoms with Crippen LogP contribution in [0, 0.1) is 5.92 Å². The molecule has 25 heavy (non-hydrogen) atoms. The molecule has 2 saturated heterocycles. The SMILES string of the molecule is O=S(=O)(c1cc(C(F)(F)F)ccc1Cl)N1CCCC(C2OCCO2)C1. The van der Waals surface area contributed by atoms with Gasteiger partial charge in [-0.1, -0.05) is 11.6 Å². The summed E-state index contributed by atoms with van der Waals surface area (Å²) in [6.45, 7) is 1.25. The monoisotopic (exact) mass is 399 g/mol. The lowest BCUT2D eigenvalue weighted by atomic mass is 9.99. The van der Waals surface area contributed by atoms with Gasteiger partial charge in [-0.05, 0) is 31.0 Å². The zero-order valence-corrected chi connectivity index (χ0v) is 14.7. The first kappa shape index (κ1) is 18.9. The molecule has 10 heteroatoms. The molecule has 0 radical (unpaired) electrons. The molecule has 2 heterocycles. The van der Waals surface area contributed by atoms with Crippen molar-refractivity contribution in [1.29, 1.82) is 0 Å². The Morgan fingerprint density at radius 3 is 2.52 bits per heavy atom. The predicted octanol–water partition coefficient (Wildman–Crippen LogP) is 3.13. The van der Waals surface area contributed by atoms with Gasteiger partial charge in [0, 0.05) is 19.0 Å². The molecule has 2 fully saturated rings. The first-order chi connectivity index (χ1) is 11.7. The van der Waals surface area contributed by atoms with Crippen LogP contribution in [0.15, 0.2) is 23.1 Å². The highest BCUT2D eigenvalue weighted by atomic mass is 35.5. The second kappa shape index (κ2) is 7.03. The van der Waals surface area contributed by atoms with Crippen molar-refractivity contribution >= 4 is 21.6 Å². The van der Waals surface area contributed by atoms with Crippen molar-refractivity contribution in [3.05, 3.63) is 28.8 Å². The van der Waals surface area contributed by atoms with Crippen LogP contribution in [-0.2, 0) is 25.7 Å². The molecule has 0 N–H and O–H groups in total. The zero-order valence-electron chi connectivity index (χ0n) is 13.1. The summed E-state index contributed by atoms with van der Waals surface area (Å²) >= 11 is 5.89. The van der Waals surface area contributed by atoms with E-state index in [1.165, 1.54) is 0 Å². The van der Waals surface area contributed by atoms with Gasteiger partial charge in [0.2, 0.25) is 10.0 Å². The summed E-state index contributed by atoms with van der Waals surface area (Å²) in [4.78, 5) is -0.530. The first-order valence-corrected chi connectivity index (χ1v) is 9.61. The molecule has 1 aromatic carbocycles. The van der Waals surface area contributed by atoms with E-state index in [4.69, 9.17) is 21.1 Å². The van der Waals surface area contributed by atoms with Crippen LogP contribution in [0.3, 0.4) is 0 Å². The van der Waals surface area contributed by atoms with Crippen LogP contribution in [0.2, 0.25) is 5.02 Å². The van der Waals surface area contributed by atoms with Gasteiger partial charge in [0.25, 0.3) is 0 Å². The molecule has 1 aromatic rings. The van der Waals surface area contributed by atoms with Crippen molar-refractivity contribution in [2.75, 3.05) is 26.3 Å². The number of rotatable bonds is 3. The normalized spacial score (nSPS) is 23.9. The van der Waals surface area contributed by atoms with Gasteiger partial charge in [0.05, 0.1) is 23.8 Å². The highest BCUT2D eigenvalue weighted by molar-refractivity contribution is 7.89. The van der Waals surface area contributed by atoms with Gasteiger partial charge in [-0.3, -0.25) is 0 Å². The fraction of sp³-hybridized carbons (Fsp3) is 0.600. The van der Waals surface area contributed by atoms with E-state index in [-0.39, 0.29) is 24.0 Å². The van der Waals surface area contributed by atoms with Crippen LogP contribution in [0.4, 0.5) is 13.2 Å². The van der Waals surface area contributed by atoms with Crippen molar-refractivity contribution in [2.45, 2.75) is 30.2 Å². The van der Waals surface area contributed by atoms with E-state index in [9.17, 15) is 21.6 Å². The number of hydrogen-bond donors (Lipinski definition) is 0. The maximum absolute atomic E-state index is 12.9. The van der Waals surface area contributed by atoms with Gasteiger partial charge < -0.3 is 9.47 Å². The second-order valence-corrected chi connectivity index (χ2v) is 8.33. The number of sulfonamides is 1. The number of alkyl halides is 3.